The third kappa shape index (κ3) is 2.71. The highest BCUT2D eigenvalue weighted by atomic mass is 32.1. The molecule has 2 aromatic rings. The molecule has 0 aliphatic carbocycles. The van der Waals surface area contributed by atoms with Gasteiger partial charge in [-0.1, -0.05) is 6.92 Å². The Morgan fingerprint density at radius 1 is 1.47 bits per heavy atom. The number of aromatic nitrogens is 3. The van der Waals surface area contributed by atoms with E-state index in [1.807, 2.05) is 5.38 Å². The SMILES string of the molecule is CCc1cnc(N)nc1N[C@H](C)c1nccs1. The molecular formula is C11H15N5S. The van der Waals surface area contributed by atoms with Crippen LogP contribution >= 0.6 is 11.3 Å². The maximum Gasteiger partial charge on any atom is 0.221 e. The summed E-state index contributed by atoms with van der Waals surface area (Å²) in [6, 6.07) is 0.120. The molecule has 17 heavy (non-hydrogen) atoms. The number of nitrogens with one attached hydrogen (secondary N) is 1. The first-order chi connectivity index (χ1) is 8.20. The topological polar surface area (TPSA) is 76.7 Å². The van der Waals surface area contributed by atoms with E-state index in [9.17, 15) is 0 Å². The molecule has 2 heterocycles. The molecule has 6 heteroatoms. The van der Waals surface area contributed by atoms with E-state index < -0.39 is 0 Å². The van der Waals surface area contributed by atoms with Crippen molar-refractivity contribution in [3.05, 3.63) is 28.3 Å². The summed E-state index contributed by atoms with van der Waals surface area (Å²) in [5.41, 5.74) is 6.66. The Hall–Kier alpha value is -1.69. The lowest BCUT2D eigenvalue weighted by molar-refractivity contribution is 0.852. The molecule has 0 saturated carbocycles. The molecule has 0 unspecified atom stereocenters. The van der Waals surface area contributed by atoms with Gasteiger partial charge < -0.3 is 11.1 Å². The van der Waals surface area contributed by atoms with Crippen LogP contribution in [0.4, 0.5) is 11.8 Å². The Kier molecular flexibility index (Phi) is 3.53. The summed E-state index contributed by atoms with van der Waals surface area (Å²) in [6.45, 7) is 4.12. The first kappa shape index (κ1) is 11.8. The number of anilines is 2. The lowest BCUT2D eigenvalue weighted by atomic mass is 10.2. The van der Waals surface area contributed by atoms with Crippen LogP contribution in [0.3, 0.4) is 0 Å². The molecule has 0 radical (unpaired) electrons. The Morgan fingerprint density at radius 3 is 2.94 bits per heavy atom. The molecule has 2 rings (SSSR count). The van der Waals surface area contributed by atoms with E-state index in [2.05, 4.69) is 34.1 Å². The number of nitrogen functional groups attached to an aromatic ring is 1. The highest BCUT2D eigenvalue weighted by molar-refractivity contribution is 7.09. The summed E-state index contributed by atoms with van der Waals surface area (Å²) in [6.07, 6.45) is 4.43. The summed E-state index contributed by atoms with van der Waals surface area (Å²) in [5, 5.41) is 6.31. The maximum absolute atomic E-state index is 5.60. The molecular weight excluding hydrogens is 234 g/mol. The van der Waals surface area contributed by atoms with Crippen LogP contribution in [0.5, 0.6) is 0 Å². The average Bonchev–Trinajstić information content (AvgIpc) is 2.83. The zero-order valence-corrected chi connectivity index (χ0v) is 10.7. The van der Waals surface area contributed by atoms with Crippen molar-refractivity contribution < 1.29 is 0 Å². The van der Waals surface area contributed by atoms with Gasteiger partial charge in [0, 0.05) is 23.3 Å². The van der Waals surface area contributed by atoms with Crippen LogP contribution in [0, 0.1) is 0 Å². The standard InChI is InChI=1S/C11H15N5S/c1-3-8-6-14-11(12)16-9(8)15-7(2)10-13-4-5-17-10/h4-7H,3H2,1-2H3,(H3,12,14,15,16)/t7-/m1/s1. The number of hydrogen-bond acceptors (Lipinski definition) is 6. The van der Waals surface area contributed by atoms with Crippen molar-refractivity contribution in [2.24, 2.45) is 0 Å². The number of rotatable bonds is 4. The van der Waals surface area contributed by atoms with E-state index in [-0.39, 0.29) is 12.0 Å². The molecule has 5 nitrogen and oxygen atoms in total. The van der Waals surface area contributed by atoms with Gasteiger partial charge in [-0.25, -0.2) is 9.97 Å². The number of hydrogen-bond donors (Lipinski definition) is 2. The summed E-state index contributed by atoms with van der Waals surface area (Å²) in [4.78, 5) is 12.5. The van der Waals surface area contributed by atoms with Gasteiger partial charge in [-0.15, -0.1) is 11.3 Å². The van der Waals surface area contributed by atoms with Crippen LogP contribution in [0.15, 0.2) is 17.8 Å². The fourth-order valence-electron chi connectivity index (χ4n) is 1.52. The van der Waals surface area contributed by atoms with Crippen molar-refractivity contribution >= 4 is 23.1 Å². The van der Waals surface area contributed by atoms with Crippen LogP contribution < -0.4 is 11.1 Å². The van der Waals surface area contributed by atoms with E-state index >= 15 is 0 Å². The number of aryl methyl sites for hydroxylation is 1. The molecule has 2 aromatic heterocycles. The van der Waals surface area contributed by atoms with Crippen LogP contribution in [-0.2, 0) is 6.42 Å². The van der Waals surface area contributed by atoms with Gasteiger partial charge in [0.2, 0.25) is 5.95 Å². The van der Waals surface area contributed by atoms with Gasteiger partial charge in [0.1, 0.15) is 10.8 Å². The van der Waals surface area contributed by atoms with Gasteiger partial charge >= 0.3 is 0 Å². The fourth-order valence-corrected chi connectivity index (χ4v) is 2.17. The van der Waals surface area contributed by atoms with Crippen LogP contribution in [0.1, 0.15) is 30.5 Å². The second kappa shape index (κ2) is 5.09. The molecule has 3 N–H and O–H groups in total. The molecule has 0 aliphatic rings. The fraction of sp³-hybridized carbons (Fsp3) is 0.364. The summed E-state index contributed by atoms with van der Waals surface area (Å²) < 4.78 is 0. The highest BCUT2D eigenvalue weighted by Gasteiger charge is 2.11. The van der Waals surface area contributed by atoms with Crippen LogP contribution in [-0.4, -0.2) is 15.0 Å². The molecule has 0 aromatic carbocycles. The van der Waals surface area contributed by atoms with Gasteiger partial charge in [-0.05, 0) is 13.3 Å². The van der Waals surface area contributed by atoms with Gasteiger partial charge in [0.25, 0.3) is 0 Å². The monoisotopic (exact) mass is 249 g/mol. The average molecular weight is 249 g/mol. The van der Waals surface area contributed by atoms with E-state index in [0.717, 1.165) is 22.8 Å². The molecule has 0 amide bonds. The van der Waals surface area contributed by atoms with Gasteiger partial charge in [-0.2, -0.15) is 4.98 Å². The molecule has 0 aliphatic heterocycles. The highest BCUT2D eigenvalue weighted by Crippen LogP contribution is 2.22. The van der Waals surface area contributed by atoms with Gasteiger partial charge in [0.15, 0.2) is 0 Å². The Labute approximate surface area is 104 Å². The van der Waals surface area contributed by atoms with E-state index in [0.29, 0.717) is 0 Å². The van der Waals surface area contributed by atoms with Crippen molar-refractivity contribution in [1.82, 2.24) is 15.0 Å². The van der Waals surface area contributed by atoms with Crippen LogP contribution in [0.2, 0.25) is 0 Å². The second-order valence-corrected chi connectivity index (χ2v) is 4.62. The third-order valence-electron chi connectivity index (χ3n) is 2.44. The summed E-state index contributed by atoms with van der Waals surface area (Å²) in [7, 11) is 0. The van der Waals surface area contributed by atoms with E-state index in [4.69, 9.17) is 5.73 Å². The normalized spacial score (nSPS) is 12.4. The third-order valence-corrected chi connectivity index (χ3v) is 3.40. The first-order valence-electron chi connectivity index (χ1n) is 5.48. The van der Waals surface area contributed by atoms with Crippen molar-refractivity contribution in [3.8, 4) is 0 Å². The predicted octanol–water partition coefficient (Wildman–Crippen LogP) is 2.25. The number of thiazole rings is 1. The Bertz CT molecular complexity index is 483. The molecule has 0 saturated heterocycles. The minimum Gasteiger partial charge on any atom is -0.368 e. The quantitative estimate of drug-likeness (QED) is 0.869. The largest absolute Gasteiger partial charge is 0.368 e. The van der Waals surface area contributed by atoms with E-state index in [1.54, 1.807) is 23.7 Å². The minimum atomic E-state index is 0.120. The van der Waals surface area contributed by atoms with Crippen molar-refractivity contribution in [2.75, 3.05) is 11.1 Å². The first-order valence-corrected chi connectivity index (χ1v) is 6.36. The molecule has 0 bridgehead atoms. The second-order valence-electron chi connectivity index (χ2n) is 3.69. The van der Waals surface area contributed by atoms with Crippen molar-refractivity contribution in [1.29, 1.82) is 0 Å². The van der Waals surface area contributed by atoms with Gasteiger partial charge in [-0.3, -0.25) is 0 Å². The molecule has 0 spiro atoms. The molecule has 0 fully saturated rings. The molecule has 1 atom stereocenters. The van der Waals surface area contributed by atoms with Crippen molar-refractivity contribution in [3.63, 3.8) is 0 Å². The Morgan fingerprint density at radius 2 is 2.29 bits per heavy atom. The number of nitrogens with zero attached hydrogens (tertiary/aromatic N) is 3. The molecule has 90 valence electrons. The lowest BCUT2D eigenvalue weighted by Crippen LogP contribution is -2.11. The summed E-state index contributed by atoms with van der Waals surface area (Å²) >= 11 is 1.62. The zero-order valence-electron chi connectivity index (χ0n) is 9.84. The van der Waals surface area contributed by atoms with E-state index in [1.165, 1.54) is 0 Å². The maximum atomic E-state index is 5.60. The predicted molar refractivity (Wildman–Crippen MR) is 70.0 cm³/mol. The Balaban J connectivity index is 2.20. The zero-order chi connectivity index (χ0) is 12.3. The lowest BCUT2D eigenvalue weighted by Gasteiger charge is -2.14. The smallest absolute Gasteiger partial charge is 0.221 e. The van der Waals surface area contributed by atoms with Crippen molar-refractivity contribution in [2.45, 2.75) is 26.3 Å². The summed E-state index contributed by atoms with van der Waals surface area (Å²) in [5.74, 6) is 1.08. The van der Waals surface area contributed by atoms with Crippen LogP contribution in [0.25, 0.3) is 0 Å². The number of nitrogens with two attached hydrogens (primary N) is 1. The van der Waals surface area contributed by atoms with Gasteiger partial charge in [0.05, 0.1) is 6.04 Å². The minimum absolute atomic E-state index is 0.120.